The van der Waals surface area contributed by atoms with E-state index in [9.17, 15) is 9.59 Å². The number of carbonyl (C=O) groups excluding carboxylic acids is 1. The Bertz CT molecular complexity index is 1310. The zero-order chi connectivity index (χ0) is 22.1. The van der Waals surface area contributed by atoms with Crippen LogP contribution in [0.4, 0.5) is 10.5 Å². The molecule has 0 bridgehead atoms. The molecule has 0 spiro atoms. The van der Waals surface area contributed by atoms with E-state index < -0.39 is 0 Å². The molecule has 1 aliphatic rings. The summed E-state index contributed by atoms with van der Waals surface area (Å²) in [7, 11) is 1.68. The highest BCUT2D eigenvalue weighted by atomic mass is 16.2. The highest BCUT2D eigenvalue weighted by Gasteiger charge is 2.29. The van der Waals surface area contributed by atoms with E-state index >= 15 is 0 Å². The van der Waals surface area contributed by atoms with Gasteiger partial charge in [0.15, 0.2) is 0 Å². The van der Waals surface area contributed by atoms with Crippen LogP contribution in [0.3, 0.4) is 0 Å². The molecule has 4 aromatic rings. The molecule has 0 saturated carbocycles. The first-order valence-corrected chi connectivity index (χ1v) is 10.9. The molecule has 1 N–H and O–H groups in total. The molecule has 5 rings (SSSR count). The van der Waals surface area contributed by atoms with Crippen molar-refractivity contribution in [1.29, 1.82) is 0 Å². The van der Waals surface area contributed by atoms with Gasteiger partial charge in [-0.15, -0.1) is 0 Å². The molecule has 0 atom stereocenters. The summed E-state index contributed by atoms with van der Waals surface area (Å²) in [6.07, 6.45) is 1.51. The number of amides is 2. The second-order valence-corrected chi connectivity index (χ2v) is 8.15. The molecule has 2 heterocycles. The van der Waals surface area contributed by atoms with Crippen LogP contribution in [0.2, 0.25) is 0 Å². The summed E-state index contributed by atoms with van der Waals surface area (Å²) in [6.45, 7) is 1.22. The minimum Gasteiger partial charge on any atom is -0.324 e. The second-order valence-electron chi connectivity index (χ2n) is 8.15. The summed E-state index contributed by atoms with van der Waals surface area (Å²) in [5, 5.41) is 9.72. The second kappa shape index (κ2) is 8.34. The normalized spacial score (nSPS) is 14.6. The lowest BCUT2D eigenvalue weighted by atomic mass is 9.96. The molecule has 0 unspecified atom stereocenters. The van der Waals surface area contributed by atoms with Gasteiger partial charge in [-0.05, 0) is 36.4 Å². The first-order chi connectivity index (χ1) is 15.6. The average Bonchev–Trinajstić information content (AvgIpc) is 3.14. The van der Waals surface area contributed by atoms with E-state index in [1.165, 1.54) is 4.68 Å². The number of likely N-dealkylation sites (tertiary alicyclic amines) is 1. The van der Waals surface area contributed by atoms with Crippen LogP contribution in [0.1, 0.15) is 24.6 Å². The number of urea groups is 1. The molecule has 0 radical (unpaired) electrons. The molecule has 3 aromatic carbocycles. The topological polar surface area (TPSA) is 72.2 Å². The van der Waals surface area contributed by atoms with Gasteiger partial charge in [-0.1, -0.05) is 54.6 Å². The quantitative estimate of drug-likeness (QED) is 0.534. The lowest BCUT2D eigenvalue weighted by Crippen LogP contribution is -2.41. The Kier molecular flexibility index (Phi) is 5.23. The van der Waals surface area contributed by atoms with E-state index in [0.29, 0.717) is 13.1 Å². The Morgan fingerprint density at radius 2 is 1.62 bits per heavy atom. The van der Waals surface area contributed by atoms with Crippen LogP contribution < -0.4 is 11.0 Å². The number of nitrogens with one attached hydrogen (secondary N) is 1. The van der Waals surface area contributed by atoms with Gasteiger partial charge in [-0.25, -0.2) is 18.8 Å². The maximum absolute atomic E-state index is 12.9. The van der Waals surface area contributed by atoms with Gasteiger partial charge in [-0.3, -0.25) is 0 Å². The number of rotatable bonds is 3. The van der Waals surface area contributed by atoms with Gasteiger partial charge in [0.2, 0.25) is 0 Å². The van der Waals surface area contributed by atoms with E-state index in [0.717, 1.165) is 40.8 Å². The van der Waals surface area contributed by atoms with Crippen LogP contribution in [0, 0.1) is 0 Å². The van der Waals surface area contributed by atoms with Crippen molar-refractivity contribution < 1.29 is 4.79 Å². The van der Waals surface area contributed by atoms with Gasteiger partial charge in [0, 0.05) is 31.4 Å². The molecule has 1 fully saturated rings. The van der Waals surface area contributed by atoms with Crippen LogP contribution in [0.15, 0.2) is 77.6 Å². The van der Waals surface area contributed by atoms with Crippen molar-refractivity contribution in [2.75, 3.05) is 18.4 Å². The number of carbonyl (C=O) groups is 1. The number of para-hydroxylation sites is 1. The highest BCUT2D eigenvalue weighted by molar-refractivity contribution is 6.01. The van der Waals surface area contributed by atoms with Crippen molar-refractivity contribution in [1.82, 2.24) is 19.2 Å². The number of hydrogen-bond acceptors (Lipinski definition) is 3. The zero-order valence-electron chi connectivity index (χ0n) is 17.9. The van der Waals surface area contributed by atoms with E-state index in [-0.39, 0.29) is 17.6 Å². The number of aromatic nitrogens is 3. The maximum atomic E-state index is 12.9. The first-order valence-electron chi connectivity index (χ1n) is 10.9. The number of fused-ring (bicyclic) bond motifs is 1. The fourth-order valence-corrected chi connectivity index (χ4v) is 4.44. The van der Waals surface area contributed by atoms with Gasteiger partial charge in [0.1, 0.15) is 5.82 Å². The summed E-state index contributed by atoms with van der Waals surface area (Å²) in [5.41, 5.74) is 1.48. The molecule has 1 aromatic heterocycles. The van der Waals surface area contributed by atoms with E-state index in [4.69, 9.17) is 0 Å². The Morgan fingerprint density at radius 1 is 0.938 bits per heavy atom. The molecule has 1 saturated heterocycles. The van der Waals surface area contributed by atoms with Crippen LogP contribution in [0.5, 0.6) is 0 Å². The predicted octanol–water partition coefficient (Wildman–Crippen LogP) is 4.14. The third-order valence-electron chi connectivity index (χ3n) is 6.14. The number of hydrogen-bond donors (Lipinski definition) is 1. The Morgan fingerprint density at radius 3 is 2.41 bits per heavy atom. The smallest absolute Gasteiger partial charge is 0.324 e. The first kappa shape index (κ1) is 20.1. The summed E-state index contributed by atoms with van der Waals surface area (Å²) in [6, 6.07) is 23.4. The number of piperidine rings is 1. The van der Waals surface area contributed by atoms with Gasteiger partial charge in [0.05, 0.1) is 11.4 Å². The molecule has 162 valence electrons. The van der Waals surface area contributed by atoms with Crippen molar-refractivity contribution in [2.24, 2.45) is 7.05 Å². The van der Waals surface area contributed by atoms with Crippen molar-refractivity contribution in [3.8, 4) is 5.69 Å². The lowest BCUT2D eigenvalue weighted by Gasteiger charge is -2.31. The van der Waals surface area contributed by atoms with Gasteiger partial charge in [-0.2, -0.15) is 5.10 Å². The van der Waals surface area contributed by atoms with Gasteiger partial charge < -0.3 is 10.2 Å². The maximum Gasteiger partial charge on any atom is 0.350 e. The Hall–Kier alpha value is -3.87. The van der Waals surface area contributed by atoms with E-state index in [2.05, 4.69) is 10.4 Å². The minimum atomic E-state index is -0.151. The minimum absolute atomic E-state index is 0.0960. The lowest BCUT2D eigenvalue weighted by molar-refractivity contribution is 0.193. The molecule has 7 heteroatoms. The average molecular weight is 428 g/mol. The molecular weight excluding hydrogens is 402 g/mol. The molecule has 32 heavy (non-hydrogen) atoms. The highest BCUT2D eigenvalue weighted by Crippen LogP contribution is 2.29. The number of nitrogens with zero attached hydrogens (tertiary/aromatic N) is 4. The van der Waals surface area contributed by atoms with Gasteiger partial charge >= 0.3 is 11.7 Å². The van der Waals surface area contributed by atoms with E-state index in [1.54, 1.807) is 11.6 Å². The third kappa shape index (κ3) is 3.66. The van der Waals surface area contributed by atoms with Crippen molar-refractivity contribution in [3.63, 3.8) is 0 Å². The van der Waals surface area contributed by atoms with Crippen molar-refractivity contribution in [2.45, 2.75) is 18.8 Å². The third-order valence-corrected chi connectivity index (χ3v) is 6.14. The van der Waals surface area contributed by atoms with Crippen molar-refractivity contribution in [3.05, 3.63) is 89.1 Å². The van der Waals surface area contributed by atoms with Crippen LogP contribution in [-0.2, 0) is 7.05 Å². The van der Waals surface area contributed by atoms with Gasteiger partial charge in [0.25, 0.3) is 0 Å². The zero-order valence-corrected chi connectivity index (χ0v) is 17.9. The fourth-order valence-electron chi connectivity index (χ4n) is 4.44. The van der Waals surface area contributed by atoms with Crippen LogP contribution >= 0.6 is 0 Å². The standard InChI is InChI=1S/C25H25N5O2/c1-28-25(32)30(20-10-3-2-4-11-20)23(27-28)19-14-16-29(17-15-19)24(31)26-22-13-7-9-18-8-5-6-12-21(18)22/h2-13,19H,14-17H2,1H3,(H,26,31). The Labute approximate surface area is 185 Å². The predicted molar refractivity (Wildman–Crippen MR) is 125 cm³/mol. The summed E-state index contributed by atoms with van der Waals surface area (Å²) in [4.78, 5) is 27.5. The fraction of sp³-hybridized carbons (Fsp3) is 0.240. The Balaban J connectivity index is 1.31. The van der Waals surface area contributed by atoms with Crippen LogP contribution in [0.25, 0.3) is 16.5 Å². The SMILES string of the molecule is Cn1nc(C2CCN(C(=O)Nc3cccc4ccccc34)CC2)n(-c2ccccc2)c1=O. The van der Waals surface area contributed by atoms with Crippen molar-refractivity contribution >= 4 is 22.5 Å². The van der Waals surface area contributed by atoms with E-state index in [1.807, 2.05) is 77.7 Å². The molecular formula is C25H25N5O2. The summed E-state index contributed by atoms with van der Waals surface area (Å²) < 4.78 is 3.08. The molecule has 7 nitrogen and oxygen atoms in total. The van der Waals surface area contributed by atoms with Crippen LogP contribution in [-0.4, -0.2) is 38.4 Å². The largest absolute Gasteiger partial charge is 0.350 e. The summed E-state index contributed by atoms with van der Waals surface area (Å²) >= 11 is 0. The molecule has 2 amide bonds. The summed E-state index contributed by atoms with van der Waals surface area (Å²) in [5.74, 6) is 0.878. The number of anilines is 1. The number of benzene rings is 3. The molecule has 0 aliphatic carbocycles. The number of aryl methyl sites for hydroxylation is 1. The monoisotopic (exact) mass is 427 g/mol. The molecule has 1 aliphatic heterocycles.